The summed E-state index contributed by atoms with van der Waals surface area (Å²) < 4.78 is 0. The van der Waals surface area contributed by atoms with Crippen LogP contribution in [0.2, 0.25) is 5.02 Å². The minimum Gasteiger partial charge on any atom is -0.394 e. The molecule has 0 heterocycles. The SMILES string of the molecule is CC(CO)(NC1CCCCC1)c1cccc(Cl)c1. The molecule has 3 heteroatoms. The second kappa shape index (κ2) is 6.05. The average Bonchev–Trinajstić information content (AvgIpc) is 2.40. The lowest BCUT2D eigenvalue weighted by Gasteiger charge is -2.36. The van der Waals surface area contributed by atoms with E-state index in [1.165, 1.54) is 32.1 Å². The quantitative estimate of drug-likeness (QED) is 0.876. The fourth-order valence-corrected chi connectivity index (χ4v) is 2.94. The number of hydrogen-bond acceptors (Lipinski definition) is 2. The molecule has 0 aromatic heterocycles. The molecule has 1 aromatic carbocycles. The molecular weight excluding hydrogens is 246 g/mol. The van der Waals surface area contributed by atoms with Crippen LogP contribution in [0.15, 0.2) is 24.3 Å². The molecule has 2 nitrogen and oxygen atoms in total. The Labute approximate surface area is 114 Å². The standard InChI is InChI=1S/C15H22ClNO/c1-15(11-18,12-6-5-7-13(16)10-12)17-14-8-3-2-4-9-14/h5-7,10,14,17-18H,2-4,8-9,11H2,1H3. The van der Waals surface area contributed by atoms with Crippen LogP contribution in [0.4, 0.5) is 0 Å². The molecule has 0 aliphatic heterocycles. The van der Waals surface area contributed by atoms with E-state index in [0.717, 1.165) is 10.6 Å². The third-order valence-electron chi connectivity index (χ3n) is 3.91. The minimum atomic E-state index is -0.396. The van der Waals surface area contributed by atoms with E-state index in [4.69, 9.17) is 11.6 Å². The zero-order valence-electron chi connectivity index (χ0n) is 11.0. The van der Waals surface area contributed by atoms with E-state index in [1.807, 2.05) is 31.2 Å². The Hall–Kier alpha value is -0.570. The lowest BCUT2D eigenvalue weighted by molar-refractivity contribution is 0.150. The predicted octanol–water partition coefficient (Wildman–Crippen LogP) is 3.47. The second-order valence-electron chi connectivity index (χ2n) is 5.48. The summed E-state index contributed by atoms with van der Waals surface area (Å²) in [5, 5.41) is 14.1. The van der Waals surface area contributed by atoms with Gasteiger partial charge in [-0.1, -0.05) is 43.0 Å². The van der Waals surface area contributed by atoms with Crippen molar-refractivity contribution in [3.63, 3.8) is 0 Å². The number of nitrogens with one attached hydrogen (secondary N) is 1. The largest absolute Gasteiger partial charge is 0.394 e. The van der Waals surface area contributed by atoms with Gasteiger partial charge < -0.3 is 10.4 Å². The highest BCUT2D eigenvalue weighted by atomic mass is 35.5. The van der Waals surface area contributed by atoms with Crippen molar-refractivity contribution in [3.8, 4) is 0 Å². The van der Waals surface area contributed by atoms with Gasteiger partial charge in [-0.25, -0.2) is 0 Å². The summed E-state index contributed by atoms with van der Waals surface area (Å²) in [6.45, 7) is 2.14. The van der Waals surface area contributed by atoms with Gasteiger partial charge >= 0.3 is 0 Å². The van der Waals surface area contributed by atoms with Crippen molar-refractivity contribution >= 4 is 11.6 Å². The van der Waals surface area contributed by atoms with E-state index in [9.17, 15) is 5.11 Å². The molecule has 2 rings (SSSR count). The molecule has 0 radical (unpaired) electrons. The zero-order valence-corrected chi connectivity index (χ0v) is 11.7. The van der Waals surface area contributed by atoms with Gasteiger partial charge in [-0.15, -0.1) is 0 Å². The van der Waals surface area contributed by atoms with Crippen molar-refractivity contribution < 1.29 is 5.11 Å². The van der Waals surface area contributed by atoms with Gasteiger partial charge in [-0.05, 0) is 37.5 Å². The van der Waals surface area contributed by atoms with Crippen LogP contribution in [0.5, 0.6) is 0 Å². The first kappa shape index (κ1) is 13.9. The van der Waals surface area contributed by atoms with E-state index < -0.39 is 5.54 Å². The Morgan fingerprint density at radius 2 is 2.06 bits per heavy atom. The molecule has 1 aliphatic carbocycles. The molecule has 1 aliphatic rings. The number of rotatable bonds is 4. The summed E-state index contributed by atoms with van der Waals surface area (Å²) in [6.07, 6.45) is 6.32. The second-order valence-corrected chi connectivity index (χ2v) is 5.92. The van der Waals surface area contributed by atoms with Crippen LogP contribution in [0.3, 0.4) is 0 Å². The van der Waals surface area contributed by atoms with Crippen molar-refractivity contribution in [1.29, 1.82) is 0 Å². The van der Waals surface area contributed by atoms with Gasteiger partial charge in [0.15, 0.2) is 0 Å². The van der Waals surface area contributed by atoms with Crippen LogP contribution in [0.25, 0.3) is 0 Å². The number of hydrogen-bond donors (Lipinski definition) is 2. The summed E-state index contributed by atoms with van der Waals surface area (Å²) in [6, 6.07) is 8.28. The van der Waals surface area contributed by atoms with Crippen LogP contribution in [0, 0.1) is 0 Å². The van der Waals surface area contributed by atoms with E-state index >= 15 is 0 Å². The Balaban J connectivity index is 2.13. The molecule has 2 N–H and O–H groups in total. The van der Waals surface area contributed by atoms with Gasteiger partial charge in [-0.2, -0.15) is 0 Å². The van der Waals surface area contributed by atoms with Gasteiger partial charge in [0, 0.05) is 11.1 Å². The fraction of sp³-hybridized carbons (Fsp3) is 0.600. The fourth-order valence-electron chi connectivity index (χ4n) is 2.75. The molecule has 1 fully saturated rings. The zero-order chi connectivity index (χ0) is 13.0. The molecule has 1 aromatic rings. The van der Waals surface area contributed by atoms with E-state index in [0.29, 0.717) is 6.04 Å². The van der Waals surface area contributed by atoms with Crippen LogP contribution in [0.1, 0.15) is 44.6 Å². The van der Waals surface area contributed by atoms with E-state index in [-0.39, 0.29) is 6.61 Å². The lowest BCUT2D eigenvalue weighted by Crippen LogP contribution is -2.49. The van der Waals surface area contributed by atoms with Crippen LogP contribution >= 0.6 is 11.6 Å². The van der Waals surface area contributed by atoms with Crippen LogP contribution < -0.4 is 5.32 Å². The topological polar surface area (TPSA) is 32.3 Å². The first-order valence-corrected chi connectivity index (χ1v) is 7.16. The highest BCUT2D eigenvalue weighted by molar-refractivity contribution is 6.30. The number of aliphatic hydroxyl groups excluding tert-OH is 1. The molecule has 18 heavy (non-hydrogen) atoms. The van der Waals surface area contributed by atoms with E-state index in [2.05, 4.69) is 5.32 Å². The number of halogens is 1. The molecule has 1 saturated carbocycles. The van der Waals surface area contributed by atoms with Gasteiger partial charge in [0.25, 0.3) is 0 Å². The molecular formula is C15H22ClNO. The molecule has 0 amide bonds. The number of benzene rings is 1. The van der Waals surface area contributed by atoms with Crippen LogP contribution in [-0.2, 0) is 5.54 Å². The van der Waals surface area contributed by atoms with Crippen molar-refractivity contribution in [2.24, 2.45) is 0 Å². The van der Waals surface area contributed by atoms with Gasteiger partial charge in [0.05, 0.1) is 12.1 Å². The summed E-state index contributed by atoms with van der Waals surface area (Å²) in [4.78, 5) is 0. The lowest BCUT2D eigenvalue weighted by atomic mass is 9.88. The van der Waals surface area contributed by atoms with Crippen molar-refractivity contribution in [1.82, 2.24) is 5.32 Å². The monoisotopic (exact) mass is 267 g/mol. The molecule has 0 saturated heterocycles. The molecule has 100 valence electrons. The molecule has 0 spiro atoms. The van der Waals surface area contributed by atoms with Crippen molar-refractivity contribution in [2.75, 3.05) is 6.61 Å². The Morgan fingerprint density at radius 3 is 2.67 bits per heavy atom. The van der Waals surface area contributed by atoms with E-state index in [1.54, 1.807) is 0 Å². The Kier molecular flexibility index (Phi) is 4.66. The summed E-state index contributed by atoms with van der Waals surface area (Å²) in [5.74, 6) is 0. The first-order valence-electron chi connectivity index (χ1n) is 6.79. The third-order valence-corrected chi connectivity index (χ3v) is 4.14. The average molecular weight is 268 g/mol. The maximum atomic E-state index is 9.75. The highest BCUT2D eigenvalue weighted by Gasteiger charge is 2.29. The van der Waals surface area contributed by atoms with Gasteiger partial charge in [-0.3, -0.25) is 0 Å². The van der Waals surface area contributed by atoms with Crippen LogP contribution in [-0.4, -0.2) is 17.8 Å². The van der Waals surface area contributed by atoms with Crippen molar-refractivity contribution in [2.45, 2.75) is 50.6 Å². The summed E-state index contributed by atoms with van der Waals surface area (Å²) >= 11 is 6.04. The van der Waals surface area contributed by atoms with Gasteiger partial charge in [0.2, 0.25) is 0 Å². The minimum absolute atomic E-state index is 0.0871. The molecule has 1 unspecified atom stereocenters. The third kappa shape index (κ3) is 3.25. The summed E-state index contributed by atoms with van der Waals surface area (Å²) in [7, 11) is 0. The van der Waals surface area contributed by atoms with Crippen molar-refractivity contribution in [3.05, 3.63) is 34.9 Å². The van der Waals surface area contributed by atoms with Gasteiger partial charge in [0.1, 0.15) is 0 Å². The normalized spacial score (nSPS) is 20.6. The summed E-state index contributed by atoms with van der Waals surface area (Å²) in [5.41, 5.74) is 0.662. The Bertz CT molecular complexity index is 390. The maximum Gasteiger partial charge on any atom is 0.0652 e. The highest BCUT2D eigenvalue weighted by Crippen LogP contribution is 2.27. The Morgan fingerprint density at radius 1 is 1.33 bits per heavy atom. The maximum absolute atomic E-state index is 9.75. The number of aliphatic hydroxyl groups is 1. The predicted molar refractivity (Wildman–Crippen MR) is 75.9 cm³/mol. The molecule has 0 bridgehead atoms. The smallest absolute Gasteiger partial charge is 0.0652 e. The first-order chi connectivity index (χ1) is 8.64. The molecule has 1 atom stereocenters.